The van der Waals surface area contributed by atoms with Crippen LogP contribution < -0.4 is 5.32 Å². The Balaban J connectivity index is 2.42. The molecule has 0 spiro atoms. The zero-order valence-electron chi connectivity index (χ0n) is 9.90. The number of carbonyl (C=O) groups excluding carboxylic acids is 1. The van der Waals surface area contributed by atoms with Gasteiger partial charge in [-0.3, -0.25) is 4.79 Å². The maximum atomic E-state index is 11.3. The molecule has 0 radical (unpaired) electrons. The molecule has 0 bridgehead atoms. The molecule has 0 fully saturated rings. The molecule has 1 atom stereocenters. The molecule has 17 heavy (non-hydrogen) atoms. The van der Waals surface area contributed by atoms with E-state index < -0.39 is 0 Å². The van der Waals surface area contributed by atoms with Gasteiger partial charge in [0.25, 0.3) is 0 Å². The molecule has 1 rings (SSSR count). The molecule has 0 aliphatic heterocycles. The maximum Gasteiger partial charge on any atom is 0.322 e. The zero-order chi connectivity index (χ0) is 12.7. The number of hydrogen-bond donors (Lipinski definition) is 1. The molecular formula is C12H16BrNO2S. The third-order valence-corrected chi connectivity index (χ3v) is 4.40. The van der Waals surface area contributed by atoms with Crippen molar-refractivity contribution in [3.8, 4) is 0 Å². The number of carbonyl (C=O) groups is 1. The topological polar surface area (TPSA) is 38.3 Å². The quantitative estimate of drug-likeness (QED) is 0.646. The maximum absolute atomic E-state index is 11.3. The first-order chi connectivity index (χ1) is 8.19. The van der Waals surface area contributed by atoms with Crippen LogP contribution in [-0.2, 0) is 9.53 Å². The fraction of sp³-hybridized carbons (Fsp3) is 0.417. The Hall–Kier alpha value is -0.520. The Kier molecular flexibility index (Phi) is 6.62. The second-order valence-corrected chi connectivity index (χ2v) is 5.42. The third-order valence-electron chi connectivity index (χ3n) is 2.33. The summed E-state index contributed by atoms with van der Waals surface area (Å²) in [5.74, 6) is 0.656. The first kappa shape index (κ1) is 14.5. The molecular weight excluding hydrogens is 302 g/mol. The number of nitrogens with one attached hydrogen (secondary N) is 1. The highest BCUT2D eigenvalue weighted by Crippen LogP contribution is 2.27. The number of ether oxygens (including phenoxy) is 1. The van der Waals surface area contributed by atoms with E-state index in [0.717, 1.165) is 16.6 Å². The van der Waals surface area contributed by atoms with Crippen LogP contribution in [0.5, 0.6) is 0 Å². The molecule has 0 saturated heterocycles. The van der Waals surface area contributed by atoms with Gasteiger partial charge in [0.2, 0.25) is 0 Å². The van der Waals surface area contributed by atoms with E-state index in [9.17, 15) is 4.79 Å². The lowest BCUT2D eigenvalue weighted by Crippen LogP contribution is -2.35. The lowest BCUT2D eigenvalue weighted by molar-refractivity contribution is -0.143. The van der Waals surface area contributed by atoms with E-state index in [-0.39, 0.29) is 12.0 Å². The highest BCUT2D eigenvalue weighted by atomic mass is 79.9. The lowest BCUT2D eigenvalue weighted by atomic mass is 10.2. The van der Waals surface area contributed by atoms with Crippen molar-refractivity contribution < 1.29 is 9.53 Å². The van der Waals surface area contributed by atoms with Crippen molar-refractivity contribution in [3.63, 3.8) is 0 Å². The molecule has 0 heterocycles. The summed E-state index contributed by atoms with van der Waals surface area (Å²) in [6.45, 7) is 0. The minimum atomic E-state index is -0.227. The number of halogens is 1. The summed E-state index contributed by atoms with van der Waals surface area (Å²) >= 11 is 5.22. The van der Waals surface area contributed by atoms with Crippen molar-refractivity contribution in [2.75, 3.05) is 19.9 Å². The van der Waals surface area contributed by atoms with Crippen molar-refractivity contribution in [1.82, 2.24) is 5.32 Å². The van der Waals surface area contributed by atoms with Gasteiger partial charge >= 0.3 is 5.97 Å². The monoisotopic (exact) mass is 317 g/mol. The van der Waals surface area contributed by atoms with Crippen LogP contribution in [-0.4, -0.2) is 31.9 Å². The molecule has 1 aromatic rings. The van der Waals surface area contributed by atoms with Crippen LogP contribution in [0, 0.1) is 0 Å². The van der Waals surface area contributed by atoms with E-state index >= 15 is 0 Å². The van der Waals surface area contributed by atoms with E-state index in [4.69, 9.17) is 4.74 Å². The lowest BCUT2D eigenvalue weighted by Gasteiger charge is -2.13. The van der Waals surface area contributed by atoms with Crippen LogP contribution in [0.3, 0.4) is 0 Å². The van der Waals surface area contributed by atoms with Crippen LogP contribution in [0.4, 0.5) is 0 Å². The fourth-order valence-electron chi connectivity index (χ4n) is 1.37. The van der Waals surface area contributed by atoms with E-state index in [1.165, 1.54) is 12.0 Å². The highest BCUT2D eigenvalue weighted by Gasteiger charge is 2.16. The number of rotatable bonds is 6. The number of thioether (sulfide) groups is 1. The van der Waals surface area contributed by atoms with E-state index in [0.29, 0.717) is 0 Å². The van der Waals surface area contributed by atoms with Crippen LogP contribution in [0.15, 0.2) is 33.6 Å². The van der Waals surface area contributed by atoms with Gasteiger partial charge in [0.1, 0.15) is 6.04 Å². The minimum Gasteiger partial charge on any atom is -0.468 e. The number of esters is 1. The van der Waals surface area contributed by atoms with Crippen molar-refractivity contribution in [1.29, 1.82) is 0 Å². The molecule has 0 aromatic heterocycles. The van der Waals surface area contributed by atoms with Crippen LogP contribution in [0.25, 0.3) is 0 Å². The summed E-state index contributed by atoms with van der Waals surface area (Å²) < 4.78 is 5.80. The summed E-state index contributed by atoms with van der Waals surface area (Å²) in [5.41, 5.74) is 0. The average molecular weight is 318 g/mol. The zero-order valence-corrected chi connectivity index (χ0v) is 12.3. The molecule has 0 saturated carbocycles. The Morgan fingerprint density at radius 2 is 2.24 bits per heavy atom. The number of hydrogen-bond acceptors (Lipinski definition) is 4. The van der Waals surface area contributed by atoms with E-state index in [1.807, 2.05) is 18.2 Å². The highest BCUT2D eigenvalue weighted by molar-refractivity contribution is 9.10. The van der Waals surface area contributed by atoms with Crippen molar-refractivity contribution in [3.05, 3.63) is 28.7 Å². The molecule has 0 amide bonds. The molecule has 94 valence electrons. The van der Waals surface area contributed by atoms with Gasteiger partial charge in [-0.25, -0.2) is 0 Å². The molecule has 3 nitrogen and oxygen atoms in total. The van der Waals surface area contributed by atoms with Gasteiger partial charge in [0, 0.05) is 15.1 Å². The van der Waals surface area contributed by atoms with Gasteiger partial charge in [-0.05, 0) is 41.5 Å². The largest absolute Gasteiger partial charge is 0.468 e. The van der Waals surface area contributed by atoms with E-state index in [1.54, 1.807) is 18.8 Å². The fourth-order valence-corrected chi connectivity index (χ4v) is 2.95. The summed E-state index contributed by atoms with van der Waals surface area (Å²) in [4.78, 5) is 12.5. The van der Waals surface area contributed by atoms with Gasteiger partial charge in [-0.15, -0.1) is 11.8 Å². The van der Waals surface area contributed by atoms with E-state index in [2.05, 4.69) is 27.3 Å². The van der Waals surface area contributed by atoms with Crippen LogP contribution in [0.1, 0.15) is 6.42 Å². The van der Waals surface area contributed by atoms with Crippen molar-refractivity contribution in [2.45, 2.75) is 17.4 Å². The van der Waals surface area contributed by atoms with Crippen LogP contribution in [0.2, 0.25) is 0 Å². The Morgan fingerprint density at radius 3 is 2.82 bits per heavy atom. The van der Waals surface area contributed by atoms with Gasteiger partial charge < -0.3 is 10.1 Å². The van der Waals surface area contributed by atoms with Crippen molar-refractivity contribution >= 4 is 33.7 Å². The molecule has 0 aliphatic carbocycles. The molecule has 1 N–H and O–H groups in total. The standard InChI is InChI=1S/C12H16BrNO2S/c1-14-10(12(15)16-2)7-8-17-11-6-4-3-5-9(11)13/h3-6,10,14H,7-8H2,1-2H3. The Morgan fingerprint density at radius 1 is 1.53 bits per heavy atom. The summed E-state index contributed by atoms with van der Waals surface area (Å²) in [5, 5.41) is 2.95. The van der Waals surface area contributed by atoms with Gasteiger partial charge in [0.05, 0.1) is 7.11 Å². The second-order valence-electron chi connectivity index (χ2n) is 3.43. The predicted octanol–water partition coefficient (Wildman–Crippen LogP) is 2.69. The van der Waals surface area contributed by atoms with Gasteiger partial charge in [-0.1, -0.05) is 12.1 Å². The number of benzene rings is 1. The van der Waals surface area contributed by atoms with Gasteiger partial charge in [0.15, 0.2) is 0 Å². The molecule has 0 aliphatic rings. The Bertz CT molecular complexity index is 373. The number of methoxy groups -OCH3 is 1. The average Bonchev–Trinajstić information content (AvgIpc) is 2.36. The third kappa shape index (κ3) is 4.69. The number of likely N-dealkylation sites (N-methyl/N-ethyl adjacent to an activating group) is 1. The predicted molar refractivity (Wildman–Crippen MR) is 74.3 cm³/mol. The molecule has 5 heteroatoms. The molecule has 1 unspecified atom stereocenters. The van der Waals surface area contributed by atoms with Crippen molar-refractivity contribution in [2.24, 2.45) is 0 Å². The van der Waals surface area contributed by atoms with Crippen LogP contribution >= 0.6 is 27.7 Å². The minimum absolute atomic E-state index is 0.208. The first-order valence-corrected chi connectivity index (χ1v) is 7.09. The SMILES string of the molecule is CNC(CCSc1ccccc1Br)C(=O)OC. The summed E-state index contributed by atoms with van der Waals surface area (Å²) in [6, 6.07) is 7.83. The second kappa shape index (κ2) is 7.74. The Labute approximate surface area is 114 Å². The van der Waals surface area contributed by atoms with Gasteiger partial charge in [-0.2, -0.15) is 0 Å². The molecule has 1 aromatic carbocycles. The summed E-state index contributed by atoms with van der Waals surface area (Å²) in [7, 11) is 3.18. The normalized spacial score (nSPS) is 12.2. The smallest absolute Gasteiger partial charge is 0.322 e. The first-order valence-electron chi connectivity index (χ1n) is 5.31. The summed E-state index contributed by atoms with van der Waals surface area (Å²) in [6.07, 6.45) is 0.745.